The van der Waals surface area contributed by atoms with Gasteiger partial charge in [-0.05, 0) is 34.4 Å². The molecule has 6 nitrogen and oxygen atoms in total. The van der Waals surface area contributed by atoms with Crippen molar-refractivity contribution < 1.29 is 4.79 Å². The van der Waals surface area contributed by atoms with E-state index >= 15 is 0 Å². The molecule has 3 rings (SSSR count). The van der Waals surface area contributed by atoms with E-state index in [4.69, 9.17) is 0 Å². The van der Waals surface area contributed by atoms with Crippen LogP contribution in [0.2, 0.25) is 0 Å². The average Bonchev–Trinajstić information content (AvgIpc) is 3.25. The number of carbonyl (C=O) groups excluding carboxylic acids is 1. The van der Waals surface area contributed by atoms with Crippen LogP contribution in [0.15, 0.2) is 46.9 Å². The fraction of sp³-hybridized carbons (Fsp3) is 0.250. The van der Waals surface area contributed by atoms with Crippen molar-refractivity contribution in [2.75, 3.05) is 5.75 Å². The number of nitrogens with zero attached hydrogens (tertiary/aromatic N) is 4. The predicted molar refractivity (Wildman–Crippen MR) is 95.0 cm³/mol. The van der Waals surface area contributed by atoms with E-state index in [1.807, 2.05) is 48.7 Å². The average molecular weight is 359 g/mol. The molecule has 1 N–H and O–H groups in total. The summed E-state index contributed by atoms with van der Waals surface area (Å²) in [5.41, 5.74) is 2.29. The molecule has 0 aliphatic rings. The highest BCUT2D eigenvalue weighted by atomic mass is 32.2. The molecule has 0 radical (unpaired) electrons. The molecule has 1 aromatic carbocycles. The number of hydrogen-bond donors (Lipinski definition) is 1. The van der Waals surface area contributed by atoms with Crippen LogP contribution in [0.1, 0.15) is 16.0 Å². The maximum absolute atomic E-state index is 12.0. The summed E-state index contributed by atoms with van der Waals surface area (Å²) in [5, 5.41) is 17.2. The Morgan fingerprint density at radius 1 is 1.29 bits per heavy atom. The normalized spacial score (nSPS) is 10.7. The molecule has 0 saturated heterocycles. The Morgan fingerprint density at radius 3 is 2.88 bits per heavy atom. The van der Waals surface area contributed by atoms with Crippen LogP contribution in [-0.2, 0) is 17.9 Å². The van der Waals surface area contributed by atoms with Gasteiger partial charge in [-0.2, -0.15) is 0 Å². The van der Waals surface area contributed by atoms with Crippen LogP contribution in [0.5, 0.6) is 0 Å². The van der Waals surface area contributed by atoms with E-state index in [9.17, 15) is 4.79 Å². The van der Waals surface area contributed by atoms with Crippen molar-refractivity contribution in [2.45, 2.75) is 25.2 Å². The molecular formula is C16H17N5OS2. The second kappa shape index (κ2) is 8.07. The first-order valence-electron chi connectivity index (χ1n) is 7.44. The fourth-order valence-electron chi connectivity index (χ4n) is 2.04. The Morgan fingerprint density at radius 2 is 2.12 bits per heavy atom. The predicted octanol–water partition coefficient (Wildman–Crippen LogP) is 2.50. The molecular weight excluding hydrogens is 342 g/mol. The molecule has 0 aliphatic heterocycles. The molecule has 0 fully saturated rings. The number of benzene rings is 1. The Hall–Kier alpha value is -2.19. The highest BCUT2D eigenvalue weighted by Crippen LogP contribution is 2.16. The van der Waals surface area contributed by atoms with Gasteiger partial charge in [0.15, 0.2) is 0 Å². The summed E-state index contributed by atoms with van der Waals surface area (Å²) in [4.78, 5) is 13.2. The number of hydrogen-bond acceptors (Lipinski definition) is 6. The molecule has 2 heterocycles. The topological polar surface area (TPSA) is 72.7 Å². The molecule has 0 unspecified atom stereocenters. The zero-order valence-corrected chi connectivity index (χ0v) is 14.8. The van der Waals surface area contributed by atoms with Crippen molar-refractivity contribution in [1.82, 2.24) is 25.5 Å². The van der Waals surface area contributed by atoms with Crippen molar-refractivity contribution in [3.63, 3.8) is 0 Å². The first kappa shape index (κ1) is 16.7. The van der Waals surface area contributed by atoms with E-state index in [1.54, 1.807) is 16.0 Å². The van der Waals surface area contributed by atoms with Gasteiger partial charge in [-0.1, -0.05) is 47.7 Å². The van der Waals surface area contributed by atoms with Gasteiger partial charge in [0.05, 0.1) is 12.3 Å². The summed E-state index contributed by atoms with van der Waals surface area (Å²) in [5.74, 6) is 0.252. The van der Waals surface area contributed by atoms with Crippen LogP contribution in [0.3, 0.4) is 0 Å². The number of thiophene rings is 1. The number of nitrogens with one attached hydrogen (secondary N) is 1. The Kier molecular flexibility index (Phi) is 5.60. The van der Waals surface area contributed by atoms with Gasteiger partial charge in [0.1, 0.15) is 0 Å². The van der Waals surface area contributed by atoms with Crippen LogP contribution < -0.4 is 5.32 Å². The van der Waals surface area contributed by atoms with E-state index in [2.05, 4.69) is 20.8 Å². The van der Waals surface area contributed by atoms with Crippen molar-refractivity contribution in [2.24, 2.45) is 0 Å². The molecule has 124 valence electrons. The maximum atomic E-state index is 12.0. The zero-order chi connectivity index (χ0) is 16.8. The van der Waals surface area contributed by atoms with Gasteiger partial charge in [-0.15, -0.1) is 16.4 Å². The summed E-state index contributed by atoms with van der Waals surface area (Å²) in [6.45, 7) is 3.19. The summed E-state index contributed by atoms with van der Waals surface area (Å²) in [6.07, 6.45) is 0. The SMILES string of the molecule is Cc1ccc(CNC(=O)CSc2nnnn2Cc2cccs2)cc1. The van der Waals surface area contributed by atoms with E-state index in [0.29, 0.717) is 18.2 Å². The van der Waals surface area contributed by atoms with Gasteiger partial charge in [0, 0.05) is 11.4 Å². The molecule has 0 saturated carbocycles. The summed E-state index contributed by atoms with van der Waals surface area (Å²) < 4.78 is 1.71. The van der Waals surface area contributed by atoms with Crippen LogP contribution in [0, 0.1) is 6.92 Å². The minimum absolute atomic E-state index is 0.0359. The maximum Gasteiger partial charge on any atom is 0.230 e. The van der Waals surface area contributed by atoms with Gasteiger partial charge in [0.2, 0.25) is 11.1 Å². The molecule has 0 spiro atoms. The van der Waals surface area contributed by atoms with E-state index in [-0.39, 0.29) is 11.7 Å². The molecule has 0 atom stereocenters. The van der Waals surface area contributed by atoms with Crippen molar-refractivity contribution in [3.8, 4) is 0 Å². The lowest BCUT2D eigenvalue weighted by atomic mass is 10.1. The van der Waals surface area contributed by atoms with E-state index < -0.39 is 0 Å². The van der Waals surface area contributed by atoms with Gasteiger partial charge in [-0.3, -0.25) is 4.79 Å². The third-order valence-electron chi connectivity index (χ3n) is 3.33. The largest absolute Gasteiger partial charge is 0.351 e. The van der Waals surface area contributed by atoms with Crippen molar-refractivity contribution in [1.29, 1.82) is 0 Å². The van der Waals surface area contributed by atoms with Crippen LogP contribution in [0.4, 0.5) is 0 Å². The van der Waals surface area contributed by atoms with Crippen LogP contribution in [-0.4, -0.2) is 31.9 Å². The highest BCUT2D eigenvalue weighted by Gasteiger charge is 2.10. The Labute approximate surface area is 148 Å². The van der Waals surface area contributed by atoms with Gasteiger partial charge >= 0.3 is 0 Å². The third kappa shape index (κ3) is 4.65. The number of aryl methyl sites for hydroxylation is 1. The second-order valence-electron chi connectivity index (χ2n) is 5.25. The van der Waals surface area contributed by atoms with Crippen molar-refractivity contribution in [3.05, 3.63) is 57.8 Å². The smallest absolute Gasteiger partial charge is 0.230 e. The second-order valence-corrected chi connectivity index (χ2v) is 7.22. The first-order valence-corrected chi connectivity index (χ1v) is 9.31. The number of carbonyl (C=O) groups is 1. The standard InChI is InChI=1S/C16H17N5OS2/c1-12-4-6-13(7-5-12)9-17-15(22)11-24-16-18-19-20-21(16)10-14-3-2-8-23-14/h2-8H,9-11H2,1H3,(H,17,22). The van der Waals surface area contributed by atoms with Gasteiger partial charge < -0.3 is 5.32 Å². The van der Waals surface area contributed by atoms with Gasteiger partial charge in [0.25, 0.3) is 0 Å². The molecule has 8 heteroatoms. The molecule has 24 heavy (non-hydrogen) atoms. The zero-order valence-electron chi connectivity index (χ0n) is 13.2. The number of rotatable bonds is 7. The lowest BCUT2D eigenvalue weighted by molar-refractivity contribution is -0.118. The third-order valence-corrected chi connectivity index (χ3v) is 5.15. The molecule has 0 bridgehead atoms. The van der Waals surface area contributed by atoms with Crippen LogP contribution in [0.25, 0.3) is 0 Å². The monoisotopic (exact) mass is 359 g/mol. The minimum atomic E-state index is -0.0359. The number of aromatic nitrogens is 4. The fourth-order valence-corrected chi connectivity index (χ4v) is 3.43. The molecule has 1 amide bonds. The lowest BCUT2D eigenvalue weighted by Gasteiger charge is -2.06. The molecule has 2 aromatic heterocycles. The summed E-state index contributed by atoms with van der Waals surface area (Å²) >= 11 is 3.00. The van der Waals surface area contributed by atoms with E-state index in [0.717, 1.165) is 5.56 Å². The minimum Gasteiger partial charge on any atom is -0.351 e. The number of tetrazole rings is 1. The summed E-state index contributed by atoms with van der Waals surface area (Å²) in [7, 11) is 0. The molecule has 3 aromatic rings. The summed E-state index contributed by atoms with van der Waals surface area (Å²) in [6, 6.07) is 12.1. The van der Waals surface area contributed by atoms with Gasteiger partial charge in [-0.25, -0.2) is 4.68 Å². The van der Waals surface area contributed by atoms with Crippen LogP contribution >= 0.6 is 23.1 Å². The van der Waals surface area contributed by atoms with E-state index in [1.165, 1.54) is 22.2 Å². The Bertz CT molecular complexity index is 783. The quantitative estimate of drug-likeness (QED) is 0.656. The van der Waals surface area contributed by atoms with Crippen molar-refractivity contribution >= 4 is 29.0 Å². The first-order chi connectivity index (χ1) is 11.7. The molecule has 0 aliphatic carbocycles. The highest BCUT2D eigenvalue weighted by molar-refractivity contribution is 7.99. The number of amides is 1. The lowest BCUT2D eigenvalue weighted by Crippen LogP contribution is -2.24. The number of thioether (sulfide) groups is 1. The Balaban J connectivity index is 1.48.